The molecule has 2 N–H and O–H groups in total. The first-order valence-electron chi connectivity index (χ1n) is 8.05. The van der Waals surface area contributed by atoms with Crippen LogP contribution in [0, 0.1) is 0 Å². The summed E-state index contributed by atoms with van der Waals surface area (Å²) in [5.74, 6) is 0. The molecule has 4 heteroatoms. The highest BCUT2D eigenvalue weighted by molar-refractivity contribution is 9.10. The van der Waals surface area contributed by atoms with Gasteiger partial charge in [0.2, 0.25) is 0 Å². The fourth-order valence-electron chi connectivity index (χ4n) is 2.54. The van der Waals surface area contributed by atoms with Crippen molar-refractivity contribution in [3.05, 3.63) is 28.2 Å². The molecular weight excluding hydrogens is 326 g/mol. The molecular formula is C17H30BrN3. The van der Waals surface area contributed by atoms with Crippen LogP contribution in [0.3, 0.4) is 0 Å². The molecule has 21 heavy (non-hydrogen) atoms. The van der Waals surface area contributed by atoms with Crippen molar-refractivity contribution in [3.63, 3.8) is 0 Å². The van der Waals surface area contributed by atoms with Gasteiger partial charge in [0.25, 0.3) is 0 Å². The maximum Gasteiger partial charge on any atom is 0.0510 e. The monoisotopic (exact) mass is 355 g/mol. The largest absolute Gasteiger partial charge is 0.371 e. The van der Waals surface area contributed by atoms with E-state index < -0.39 is 0 Å². The third-order valence-electron chi connectivity index (χ3n) is 4.02. The Kier molecular flexibility index (Phi) is 8.30. The summed E-state index contributed by atoms with van der Waals surface area (Å²) >= 11 is 3.70. The SMILES string of the molecule is CCN(CC)CCCN(CC)c1ccc([C@H](C)N)cc1Br. The minimum atomic E-state index is 0.0769. The van der Waals surface area contributed by atoms with E-state index in [-0.39, 0.29) is 6.04 Å². The van der Waals surface area contributed by atoms with Crippen LogP contribution in [0.4, 0.5) is 5.69 Å². The molecule has 0 saturated heterocycles. The van der Waals surface area contributed by atoms with Gasteiger partial charge in [-0.05, 0) is 73.5 Å². The Bertz CT molecular complexity index is 416. The zero-order valence-electron chi connectivity index (χ0n) is 13.9. The van der Waals surface area contributed by atoms with Crippen molar-refractivity contribution in [2.45, 2.75) is 40.2 Å². The average Bonchev–Trinajstić information content (AvgIpc) is 2.48. The molecule has 0 amide bonds. The summed E-state index contributed by atoms with van der Waals surface area (Å²) in [5, 5.41) is 0. The van der Waals surface area contributed by atoms with Gasteiger partial charge in [0.1, 0.15) is 0 Å². The number of benzene rings is 1. The molecule has 0 aromatic heterocycles. The Balaban J connectivity index is 2.67. The van der Waals surface area contributed by atoms with Crippen LogP contribution in [-0.4, -0.2) is 37.6 Å². The quantitative estimate of drug-likeness (QED) is 0.725. The van der Waals surface area contributed by atoms with Crippen molar-refractivity contribution >= 4 is 21.6 Å². The molecule has 120 valence electrons. The first-order valence-corrected chi connectivity index (χ1v) is 8.85. The van der Waals surface area contributed by atoms with E-state index in [1.54, 1.807) is 0 Å². The molecule has 1 rings (SSSR count). The first kappa shape index (κ1) is 18.5. The van der Waals surface area contributed by atoms with Crippen molar-refractivity contribution in [3.8, 4) is 0 Å². The number of anilines is 1. The molecule has 0 unspecified atom stereocenters. The van der Waals surface area contributed by atoms with E-state index in [0.717, 1.165) is 30.7 Å². The van der Waals surface area contributed by atoms with Crippen molar-refractivity contribution < 1.29 is 0 Å². The highest BCUT2D eigenvalue weighted by atomic mass is 79.9. The topological polar surface area (TPSA) is 32.5 Å². The van der Waals surface area contributed by atoms with Gasteiger partial charge in [-0.25, -0.2) is 0 Å². The molecule has 0 saturated carbocycles. The molecule has 1 aromatic rings. The van der Waals surface area contributed by atoms with Gasteiger partial charge in [-0.1, -0.05) is 19.9 Å². The summed E-state index contributed by atoms with van der Waals surface area (Å²) in [6, 6.07) is 6.54. The second-order valence-electron chi connectivity index (χ2n) is 5.46. The van der Waals surface area contributed by atoms with Crippen LogP contribution in [0.15, 0.2) is 22.7 Å². The Morgan fingerprint density at radius 3 is 2.24 bits per heavy atom. The number of hydrogen-bond donors (Lipinski definition) is 1. The van der Waals surface area contributed by atoms with Crippen molar-refractivity contribution in [2.75, 3.05) is 37.6 Å². The Labute approximate surface area is 138 Å². The maximum atomic E-state index is 5.95. The minimum Gasteiger partial charge on any atom is -0.371 e. The van der Waals surface area contributed by atoms with Crippen LogP contribution in [0.25, 0.3) is 0 Å². The van der Waals surface area contributed by atoms with Gasteiger partial charge < -0.3 is 15.5 Å². The summed E-state index contributed by atoms with van der Waals surface area (Å²) < 4.78 is 1.14. The van der Waals surface area contributed by atoms with Gasteiger partial charge in [0, 0.05) is 23.6 Å². The number of hydrogen-bond acceptors (Lipinski definition) is 3. The molecule has 1 aromatic carbocycles. The number of halogens is 1. The molecule has 0 aliphatic heterocycles. The summed E-state index contributed by atoms with van der Waals surface area (Å²) in [6.07, 6.45) is 1.19. The second kappa shape index (κ2) is 9.44. The molecule has 0 spiro atoms. The predicted molar refractivity (Wildman–Crippen MR) is 97.0 cm³/mol. The highest BCUT2D eigenvalue weighted by Gasteiger charge is 2.11. The van der Waals surface area contributed by atoms with Crippen LogP contribution >= 0.6 is 15.9 Å². The van der Waals surface area contributed by atoms with E-state index in [2.05, 4.69) is 64.7 Å². The van der Waals surface area contributed by atoms with Gasteiger partial charge >= 0.3 is 0 Å². The van der Waals surface area contributed by atoms with Crippen LogP contribution in [0.1, 0.15) is 45.7 Å². The maximum absolute atomic E-state index is 5.95. The molecule has 0 heterocycles. The second-order valence-corrected chi connectivity index (χ2v) is 6.31. The van der Waals surface area contributed by atoms with Crippen molar-refractivity contribution in [2.24, 2.45) is 5.73 Å². The van der Waals surface area contributed by atoms with E-state index in [1.807, 2.05) is 6.92 Å². The number of nitrogens with zero attached hydrogens (tertiary/aromatic N) is 2. The van der Waals surface area contributed by atoms with Gasteiger partial charge in [-0.2, -0.15) is 0 Å². The normalized spacial score (nSPS) is 12.7. The Morgan fingerprint density at radius 2 is 1.76 bits per heavy atom. The van der Waals surface area contributed by atoms with Crippen LogP contribution < -0.4 is 10.6 Å². The van der Waals surface area contributed by atoms with Crippen LogP contribution in [0.5, 0.6) is 0 Å². The minimum absolute atomic E-state index is 0.0769. The first-order chi connectivity index (χ1) is 10.0. The molecule has 3 nitrogen and oxygen atoms in total. The van der Waals surface area contributed by atoms with Gasteiger partial charge in [0.05, 0.1) is 5.69 Å². The fraction of sp³-hybridized carbons (Fsp3) is 0.647. The lowest BCUT2D eigenvalue weighted by Gasteiger charge is -2.26. The van der Waals surface area contributed by atoms with E-state index in [4.69, 9.17) is 5.73 Å². The van der Waals surface area contributed by atoms with Gasteiger partial charge in [-0.15, -0.1) is 0 Å². The summed E-state index contributed by atoms with van der Waals surface area (Å²) in [4.78, 5) is 4.90. The molecule has 0 fully saturated rings. The van der Waals surface area contributed by atoms with E-state index >= 15 is 0 Å². The van der Waals surface area contributed by atoms with E-state index in [9.17, 15) is 0 Å². The lowest BCUT2D eigenvalue weighted by atomic mass is 10.1. The average molecular weight is 356 g/mol. The highest BCUT2D eigenvalue weighted by Crippen LogP contribution is 2.29. The number of nitrogens with two attached hydrogens (primary N) is 1. The zero-order valence-corrected chi connectivity index (χ0v) is 15.5. The Hall–Kier alpha value is -0.580. The summed E-state index contributed by atoms with van der Waals surface area (Å²) in [5.41, 5.74) is 8.38. The van der Waals surface area contributed by atoms with Gasteiger partial charge in [-0.3, -0.25) is 0 Å². The standard InChI is InChI=1S/C17H30BrN3/c1-5-20(6-2)11-8-12-21(7-3)17-10-9-15(14(4)19)13-16(17)18/h9-10,13-14H,5-8,11-12,19H2,1-4H3/t14-/m0/s1. The third kappa shape index (κ3) is 5.61. The van der Waals surface area contributed by atoms with Crippen LogP contribution in [-0.2, 0) is 0 Å². The molecule has 0 radical (unpaired) electrons. The van der Waals surface area contributed by atoms with Crippen LogP contribution in [0.2, 0.25) is 0 Å². The Morgan fingerprint density at radius 1 is 1.10 bits per heavy atom. The molecule has 0 aliphatic carbocycles. The lowest BCUT2D eigenvalue weighted by molar-refractivity contribution is 0.301. The van der Waals surface area contributed by atoms with Crippen molar-refractivity contribution in [1.29, 1.82) is 0 Å². The predicted octanol–water partition coefficient (Wildman–Crippen LogP) is 4.03. The van der Waals surface area contributed by atoms with Crippen molar-refractivity contribution in [1.82, 2.24) is 4.90 Å². The van der Waals surface area contributed by atoms with Gasteiger partial charge in [0.15, 0.2) is 0 Å². The number of rotatable bonds is 9. The summed E-state index contributed by atoms with van der Waals surface area (Å²) in [7, 11) is 0. The third-order valence-corrected chi connectivity index (χ3v) is 4.65. The van der Waals surface area contributed by atoms with E-state index in [0.29, 0.717) is 0 Å². The summed E-state index contributed by atoms with van der Waals surface area (Å²) in [6.45, 7) is 14.2. The molecule has 0 aliphatic rings. The molecule has 0 bridgehead atoms. The lowest BCUT2D eigenvalue weighted by Crippen LogP contribution is -2.30. The zero-order chi connectivity index (χ0) is 15.8. The molecule has 1 atom stereocenters. The fourth-order valence-corrected chi connectivity index (χ4v) is 3.18. The smallest absolute Gasteiger partial charge is 0.0510 e. The van der Waals surface area contributed by atoms with E-state index in [1.165, 1.54) is 24.2 Å².